The number of hydrogen-bond donors (Lipinski definition) is 2. The number of carbonyl (C=O) groups excluding carboxylic acids is 1. The van der Waals surface area contributed by atoms with Crippen LogP contribution in [0.2, 0.25) is 5.02 Å². The van der Waals surface area contributed by atoms with Gasteiger partial charge in [-0.1, -0.05) is 24.6 Å². The Kier molecular flexibility index (Phi) is 6.72. The van der Waals surface area contributed by atoms with Crippen LogP contribution in [-0.2, 0) is 4.79 Å². The van der Waals surface area contributed by atoms with E-state index in [1.165, 1.54) is 0 Å². The van der Waals surface area contributed by atoms with Crippen LogP contribution in [0.15, 0.2) is 24.3 Å². The number of hydrogen-bond acceptors (Lipinski definition) is 3. The minimum Gasteiger partial charge on any atom is -0.325 e. The first-order valence-corrected chi connectivity index (χ1v) is 6.44. The third kappa shape index (κ3) is 6.00. The molecule has 1 amide bonds. The Balaban J connectivity index is 2.22. The molecule has 2 N–H and O–H groups in total. The molecule has 0 spiro atoms. The third-order valence-electron chi connectivity index (χ3n) is 2.60. The second kappa shape index (κ2) is 8.08. The van der Waals surface area contributed by atoms with Crippen molar-refractivity contribution in [2.45, 2.75) is 6.92 Å². The van der Waals surface area contributed by atoms with E-state index in [1.54, 1.807) is 12.1 Å². The zero-order valence-corrected chi connectivity index (χ0v) is 11.6. The number of anilines is 1. The fraction of sp³-hybridized carbons (Fsp3) is 0.462. The number of nitrogens with one attached hydrogen (secondary N) is 2. The van der Waals surface area contributed by atoms with Gasteiger partial charge in [-0.3, -0.25) is 4.79 Å². The predicted octanol–water partition coefficient (Wildman–Crippen LogP) is 1.82. The van der Waals surface area contributed by atoms with Gasteiger partial charge in [-0.25, -0.2) is 0 Å². The molecular weight excluding hydrogens is 250 g/mol. The molecule has 1 aromatic carbocycles. The van der Waals surface area contributed by atoms with Gasteiger partial charge in [0.1, 0.15) is 0 Å². The Morgan fingerprint density at radius 1 is 1.44 bits per heavy atom. The molecule has 0 aliphatic rings. The number of amides is 1. The topological polar surface area (TPSA) is 44.4 Å². The van der Waals surface area contributed by atoms with Crippen molar-refractivity contribution in [2.24, 2.45) is 0 Å². The molecule has 5 heteroatoms. The summed E-state index contributed by atoms with van der Waals surface area (Å²) < 4.78 is 0. The van der Waals surface area contributed by atoms with Crippen molar-refractivity contribution >= 4 is 23.2 Å². The SMILES string of the molecule is CCN(C)CCNCC(=O)Nc1cccc(Cl)c1. The predicted molar refractivity (Wildman–Crippen MR) is 76.1 cm³/mol. The van der Waals surface area contributed by atoms with Crippen LogP contribution < -0.4 is 10.6 Å². The summed E-state index contributed by atoms with van der Waals surface area (Å²) in [4.78, 5) is 13.8. The van der Waals surface area contributed by atoms with Gasteiger partial charge in [0.2, 0.25) is 5.91 Å². The van der Waals surface area contributed by atoms with Gasteiger partial charge in [0.25, 0.3) is 0 Å². The molecule has 0 aromatic heterocycles. The molecule has 0 heterocycles. The van der Waals surface area contributed by atoms with E-state index in [1.807, 2.05) is 19.2 Å². The maximum absolute atomic E-state index is 11.6. The van der Waals surface area contributed by atoms with Crippen molar-refractivity contribution in [3.05, 3.63) is 29.3 Å². The smallest absolute Gasteiger partial charge is 0.238 e. The molecule has 0 fully saturated rings. The lowest BCUT2D eigenvalue weighted by molar-refractivity contribution is -0.115. The highest BCUT2D eigenvalue weighted by atomic mass is 35.5. The standard InChI is InChI=1S/C13H20ClN3O/c1-3-17(2)8-7-15-10-13(18)16-12-6-4-5-11(14)9-12/h4-6,9,15H,3,7-8,10H2,1-2H3,(H,16,18). The quantitative estimate of drug-likeness (QED) is 0.742. The Morgan fingerprint density at radius 3 is 2.89 bits per heavy atom. The summed E-state index contributed by atoms with van der Waals surface area (Å²) >= 11 is 5.83. The average molecular weight is 270 g/mol. The summed E-state index contributed by atoms with van der Waals surface area (Å²) in [6, 6.07) is 7.12. The normalized spacial score (nSPS) is 10.7. The van der Waals surface area contributed by atoms with E-state index in [2.05, 4.69) is 22.5 Å². The van der Waals surface area contributed by atoms with Crippen molar-refractivity contribution in [2.75, 3.05) is 38.5 Å². The van der Waals surface area contributed by atoms with Gasteiger partial charge < -0.3 is 15.5 Å². The highest BCUT2D eigenvalue weighted by Gasteiger charge is 2.02. The molecule has 4 nitrogen and oxygen atoms in total. The number of halogens is 1. The number of carbonyl (C=O) groups is 1. The Hall–Kier alpha value is -1.10. The van der Waals surface area contributed by atoms with Gasteiger partial charge in [0.15, 0.2) is 0 Å². The van der Waals surface area contributed by atoms with Crippen LogP contribution in [0.5, 0.6) is 0 Å². The first-order chi connectivity index (χ1) is 8.61. The molecule has 18 heavy (non-hydrogen) atoms. The lowest BCUT2D eigenvalue weighted by Crippen LogP contribution is -2.34. The molecule has 0 unspecified atom stereocenters. The van der Waals surface area contributed by atoms with Crippen LogP contribution in [0.1, 0.15) is 6.92 Å². The minimum atomic E-state index is -0.0589. The Bertz CT molecular complexity index is 384. The van der Waals surface area contributed by atoms with E-state index in [4.69, 9.17) is 11.6 Å². The zero-order chi connectivity index (χ0) is 13.4. The van der Waals surface area contributed by atoms with Gasteiger partial charge in [0, 0.05) is 23.8 Å². The van der Waals surface area contributed by atoms with Crippen LogP contribution in [0.25, 0.3) is 0 Å². The molecule has 0 aliphatic heterocycles. The molecule has 0 saturated carbocycles. The molecule has 0 radical (unpaired) electrons. The van der Waals surface area contributed by atoms with E-state index in [0.717, 1.165) is 25.3 Å². The van der Waals surface area contributed by atoms with Crippen molar-refractivity contribution < 1.29 is 4.79 Å². The first-order valence-electron chi connectivity index (χ1n) is 6.06. The molecule has 0 atom stereocenters. The second-order valence-corrected chi connectivity index (χ2v) is 4.57. The highest BCUT2D eigenvalue weighted by molar-refractivity contribution is 6.30. The number of nitrogens with zero attached hydrogens (tertiary/aromatic N) is 1. The van der Waals surface area contributed by atoms with Crippen molar-refractivity contribution in [1.82, 2.24) is 10.2 Å². The molecule has 0 bridgehead atoms. The second-order valence-electron chi connectivity index (χ2n) is 4.13. The van der Waals surface area contributed by atoms with Crippen LogP contribution in [0, 0.1) is 0 Å². The van der Waals surface area contributed by atoms with Gasteiger partial charge in [-0.15, -0.1) is 0 Å². The van der Waals surface area contributed by atoms with E-state index in [-0.39, 0.29) is 5.91 Å². The minimum absolute atomic E-state index is 0.0589. The Labute approximate surface area is 113 Å². The van der Waals surface area contributed by atoms with Crippen molar-refractivity contribution in [1.29, 1.82) is 0 Å². The summed E-state index contributed by atoms with van der Waals surface area (Å²) in [6.07, 6.45) is 0. The molecule has 0 saturated heterocycles. The molecule has 100 valence electrons. The first kappa shape index (κ1) is 15.0. The van der Waals surface area contributed by atoms with Crippen molar-refractivity contribution in [3.63, 3.8) is 0 Å². The molecule has 1 aromatic rings. The van der Waals surface area contributed by atoms with Crippen LogP contribution in [-0.4, -0.2) is 44.0 Å². The summed E-state index contributed by atoms with van der Waals surface area (Å²) in [5.74, 6) is -0.0589. The number of benzene rings is 1. The average Bonchev–Trinajstić information content (AvgIpc) is 2.34. The van der Waals surface area contributed by atoms with Gasteiger partial charge in [-0.05, 0) is 31.8 Å². The lowest BCUT2D eigenvalue weighted by Gasteiger charge is -2.13. The maximum atomic E-state index is 11.6. The fourth-order valence-electron chi connectivity index (χ4n) is 1.40. The van der Waals surface area contributed by atoms with E-state index in [9.17, 15) is 4.79 Å². The molecule has 1 rings (SSSR count). The van der Waals surface area contributed by atoms with Crippen molar-refractivity contribution in [3.8, 4) is 0 Å². The van der Waals surface area contributed by atoms with Gasteiger partial charge >= 0.3 is 0 Å². The highest BCUT2D eigenvalue weighted by Crippen LogP contribution is 2.14. The summed E-state index contributed by atoms with van der Waals surface area (Å²) in [5.41, 5.74) is 0.722. The van der Waals surface area contributed by atoms with Crippen LogP contribution in [0.4, 0.5) is 5.69 Å². The lowest BCUT2D eigenvalue weighted by atomic mass is 10.3. The maximum Gasteiger partial charge on any atom is 0.238 e. The van der Waals surface area contributed by atoms with Gasteiger partial charge in [0.05, 0.1) is 6.54 Å². The van der Waals surface area contributed by atoms with Crippen LogP contribution in [0.3, 0.4) is 0 Å². The molecule has 0 aliphatic carbocycles. The summed E-state index contributed by atoms with van der Waals surface area (Å²) in [6.45, 7) is 5.15. The number of likely N-dealkylation sites (N-methyl/N-ethyl adjacent to an activating group) is 1. The fourth-order valence-corrected chi connectivity index (χ4v) is 1.59. The van der Waals surface area contributed by atoms with E-state index in [0.29, 0.717) is 11.6 Å². The van der Waals surface area contributed by atoms with E-state index < -0.39 is 0 Å². The monoisotopic (exact) mass is 269 g/mol. The third-order valence-corrected chi connectivity index (χ3v) is 2.84. The zero-order valence-electron chi connectivity index (χ0n) is 10.9. The van der Waals surface area contributed by atoms with E-state index >= 15 is 0 Å². The largest absolute Gasteiger partial charge is 0.325 e. The summed E-state index contributed by atoms with van der Waals surface area (Å²) in [7, 11) is 2.05. The summed E-state index contributed by atoms with van der Waals surface area (Å²) in [5, 5.41) is 6.50. The Morgan fingerprint density at radius 2 is 2.22 bits per heavy atom. The van der Waals surface area contributed by atoms with Gasteiger partial charge in [-0.2, -0.15) is 0 Å². The number of rotatable bonds is 7. The molecular formula is C13H20ClN3O. The van der Waals surface area contributed by atoms with Crippen LogP contribution >= 0.6 is 11.6 Å².